The number of benzene rings is 3. The number of phenols is 1. The van der Waals surface area contributed by atoms with E-state index in [1.807, 2.05) is 36.4 Å². The van der Waals surface area contributed by atoms with Gasteiger partial charge in [0, 0.05) is 22.9 Å². The average molecular weight is 359 g/mol. The molecule has 0 saturated heterocycles. The topological polar surface area (TPSA) is 53.1 Å². The number of rotatable bonds is 5. The number of hydrogen-bond donors (Lipinski definition) is 2. The number of ketones is 1. The maximum atomic E-state index is 13.8. The standard InChI is InChI=1S/C23H18FNO2/c24-17-10-11-20-19(14-17)22(16-6-2-1-3-7-16)23(25-20)21(27)12-9-15-5-4-8-18(26)13-15/h1-8,10-11,13-14,25-26H,9,12H2. The van der Waals surface area contributed by atoms with Crippen LogP contribution in [0.2, 0.25) is 0 Å². The molecule has 0 aliphatic rings. The quantitative estimate of drug-likeness (QED) is 0.463. The number of hydrogen-bond acceptors (Lipinski definition) is 2. The number of carbonyl (C=O) groups is 1. The molecule has 1 heterocycles. The molecule has 0 unspecified atom stereocenters. The molecule has 0 aliphatic carbocycles. The predicted molar refractivity (Wildman–Crippen MR) is 104 cm³/mol. The van der Waals surface area contributed by atoms with Crippen molar-refractivity contribution in [3.05, 3.63) is 89.9 Å². The fourth-order valence-electron chi connectivity index (χ4n) is 3.37. The van der Waals surface area contributed by atoms with Gasteiger partial charge in [-0.15, -0.1) is 0 Å². The minimum Gasteiger partial charge on any atom is -0.508 e. The molecule has 4 heteroatoms. The van der Waals surface area contributed by atoms with Gasteiger partial charge in [-0.25, -0.2) is 4.39 Å². The first kappa shape index (κ1) is 17.0. The zero-order valence-electron chi connectivity index (χ0n) is 14.6. The Morgan fingerprint density at radius 3 is 2.56 bits per heavy atom. The number of nitrogens with one attached hydrogen (secondary N) is 1. The van der Waals surface area contributed by atoms with E-state index in [9.17, 15) is 14.3 Å². The molecule has 0 amide bonds. The molecule has 0 fully saturated rings. The van der Waals surface area contributed by atoms with Gasteiger partial charge in [-0.1, -0.05) is 42.5 Å². The number of halogens is 1. The van der Waals surface area contributed by atoms with E-state index in [0.717, 1.165) is 22.2 Å². The summed E-state index contributed by atoms with van der Waals surface area (Å²) >= 11 is 0. The lowest BCUT2D eigenvalue weighted by Crippen LogP contribution is -2.03. The maximum absolute atomic E-state index is 13.8. The number of H-pyrrole nitrogens is 1. The molecule has 134 valence electrons. The van der Waals surface area contributed by atoms with Gasteiger partial charge in [-0.2, -0.15) is 0 Å². The van der Waals surface area contributed by atoms with E-state index in [0.29, 0.717) is 23.9 Å². The minimum absolute atomic E-state index is 0.0474. The predicted octanol–water partition coefficient (Wildman–Crippen LogP) is 5.50. The van der Waals surface area contributed by atoms with Gasteiger partial charge in [0.25, 0.3) is 0 Å². The van der Waals surface area contributed by atoms with Crippen molar-refractivity contribution in [1.29, 1.82) is 0 Å². The first-order valence-corrected chi connectivity index (χ1v) is 8.79. The average Bonchev–Trinajstić information content (AvgIpc) is 3.05. The zero-order valence-corrected chi connectivity index (χ0v) is 14.6. The molecule has 0 atom stereocenters. The number of phenolic OH excluding ortho intramolecular Hbond substituents is 1. The summed E-state index contributed by atoms with van der Waals surface area (Å²) in [7, 11) is 0. The highest BCUT2D eigenvalue weighted by atomic mass is 19.1. The Kier molecular flexibility index (Phi) is 4.47. The molecule has 0 spiro atoms. The first-order chi connectivity index (χ1) is 13.1. The molecule has 0 bridgehead atoms. The zero-order chi connectivity index (χ0) is 18.8. The van der Waals surface area contributed by atoms with Crippen molar-refractivity contribution >= 4 is 16.7 Å². The molecular formula is C23H18FNO2. The molecule has 3 nitrogen and oxygen atoms in total. The van der Waals surface area contributed by atoms with E-state index < -0.39 is 0 Å². The Balaban J connectivity index is 1.73. The number of aryl methyl sites for hydroxylation is 1. The van der Waals surface area contributed by atoms with E-state index in [4.69, 9.17) is 0 Å². The third-order valence-corrected chi connectivity index (χ3v) is 4.65. The van der Waals surface area contributed by atoms with Crippen LogP contribution in [0.15, 0.2) is 72.8 Å². The maximum Gasteiger partial charge on any atom is 0.180 e. The van der Waals surface area contributed by atoms with Crippen LogP contribution in [0, 0.1) is 5.82 Å². The number of aromatic nitrogens is 1. The van der Waals surface area contributed by atoms with Crippen LogP contribution in [0.1, 0.15) is 22.5 Å². The van der Waals surface area contributed by atoms with Gasteiger partial charge in [-0.3, -0.25) is 4.79 Å². The highest BCUT2D eigenvalue weighted by Gasteiger charge is 2.19. The van der Waals surface area contributed by atoms with Crippen LogP contribution in [0.3, 0.4) is 0 Å². The second kappa shape index (κ2) is 7.08. The summed E-state index contributed by atoms with van der Waals surface area (Å²) in [6.07, 6.45) is 0.809. The van der Waals surface area contributed by atoms with Gasteiger partial charge in [0.1, 0.15) is 11.6 Å². The van der Waals surface area contributed by atoms with E-state index >= 15 is 0 Å². The first-order valence-electron chi connectivity index (χ1n) is 8.79. The van der Waals surface area contributed by atoms with E-state index in [1.165, 1.54) is 12.1 Å². The third-order valence-electron chi connectivity index (χ3n) is 4.65. The summed E-state index contributed by atoms with van der Waals surface area (Å²) in [6, 6.07) is 20.9. The minimum atomic E-state index is -0.336. The Hall–Kier alpha value is -3.40. The van der Waals surface area contributed by atoms with Crippen LogP contribution in [-0.2, 0) is 6.42 Å². The van der Waals surface area contributed by atoms with Crippen LogP contribution in [0.4, 0.5) is 4.39 Å². The van der Waals surface area contributed by atoms with Gasteiger partial charge in [-0.05, 0) is 47.9 Å². The van der Waals surface area contributed by atoms with E-state index in [-0.39, 0.29) is 17.3 Å². The monoisotopic (exact) mass is 359 g/mol. The Morgan fingerprint density at radius 2 is 1.78 bits per heavy atom. The summed E-state index contributed by atoms with van der Waals surface area (Å²) in [6.45, 7) is 0. The number of Topliss-reactive ketones (excluding diaryl/α,β-unsaturated/α-hetero) is 1. The van der Waals surface area contributed by atoms with Gasteiger partial charge in [0.15, 0.2) is 5.78 Å². The summed E-state index contributed by atoms with van der Waals surface area (Å²) < 4.78 is 13.8. The fourth-order valence-corrected chi connectivity index (χ4v) is 3.37. The molecule has 4 aromatic rings. The SMILES string of the molecule is O=C(CCc1cccc(O)c1)c1[nH]c2ccc(F)cc2c1-c1ccccc1. The molecule has 27 heavy (non-hydrogen) atoms. The number of carbonyl (C=O) groups excluding carboxylic acids is 1. The van der Waals surface area contributed by atoms with E-state index in [2.05, 4.69) is 4.98 Å². The molecule has 4 rings (SSSR count). The van der Waals surface area contributed by atoms with Crippen molar-refractivity contribution in [3.63, 3.8) is 0 Å². The molecule has 3 aromatic carbocycles. The van der Waals surface area contributed by atoms with Gasteiger partial charge in [0.2, 0.25) is 0 Å². The summed E-state index contributed by atoms with van der Waals surface area (Å²) in [4.78, 5) is 16.1. The number of aromatic hydroxyl groups is 1. The molecule has 0 saturated carbocycles. The van der Waals surface area contributed by atoms with Gasteiger partial charge in [0.05, 0.1) is 5.69 Å². The summed E-state index contributed by atoms with van der Waals surface area (Å²) in [5, 5.41) is 10.3. The van der Waals surface area contributed by atoms with Gasteiger partial charge < -0.3 is 10.1 Å². The van der Waals surface area contributed by atoms with Crippen LogP contribution >= 0.6 is 0 Å². The highest BCUT2D eigenvalue weighted by molar-refractivity contribution is 6.10. The summed E-state index contributed by atoms with van der Waals surface area (Å²) in [5.41, 5.74) is 3.71. The number of aromatic amines is 1. The van der Waals surface area contributed by atoms with Crippen molar-refractivity contribution in [2.75, 3.05) is 0 Å². The van der Waals surface area contributed by atoms with E-state index in [1.54, 1.807) is 24.3 Å². The lowest BCUT2D eigenvalue weighted by Gasteiger charge is -2.06. The lowest BCUT2D eigenvalue weighted by atomic mass is 9.98. The molecule has 2 N–H and O–H groups in total. The fraction of sp³-hybridized carbons (Fsp3) is 0.0870. The normalized spacial score (nSPS) is 11.0. The van der Waals surface area contributed by atoms with Crippen LogP contribution in [-0.4, -0.2) is 15.9 Å². The second-order valence-electron chi connectivity index (χ2n) is 6.52. The lowest BCUT2D eigenvalue weighted by molar-refractivity contribution is 0.0979. The molecule has 0 aliphatic heterocycles. The smallest absolute Gasteiger partial charge is 0.180 e. The molecule has 0 radical (unpaired) electrons. The van der Waals surface area contributed by atoms with Crippen LogP contribution in [0.5, 0.6) is 5.75 Å². The highest BCUT2D eigenvalue weighted by Crippen LogP contribution is 2.33. The Labute approximate surface area is 156 Å². The Morgan fingerprint density at radius 1 is 0.963 bits per heavy atom. The van der Waals surface area contributed by atoms with Gasteiger partial charge >= 0.3 is 0 Å². The second-order valence-corrected chi connectivity index (χ2v) is 6.52. The van der Waals surface area contributed by atoms with Crippen molar-refractivity contribution < 1.29 is 14.3 Å². The van der Waals surface area contributed by atoms with Crippen LogP contribution in [0.25, 0.3) is 22.0 Å². The van der Waals surface area contributed by atoms with Crippen molar-refractivity contribution in [3.8, 4) is 16.9 Å². The third kappa shape index (κ3) is 3.47. The van der Waals surface area contributed by atoms with Crippen molar-refractivity contribution in [1.82, 2.24) is 4.98 Å². The van der Waals surface area contributed by atoms with Crippen molar-refractivity contribution in [2.24, 2.45) is 0 Å². The number of fused-ring (bicyclic) bond motifs is 1. The molecule has 1 aromatic heterocycles. The summed E-state index contributed by atoms with van der Waals surface area (Å²) in [5.74, 6) is -0.197. The molecular weight excluding hydrogens is 341 g/mol. The van der Waals surface area contributed by atoms with Crippen LogP contribution < -0.4 is 0 Å². The van der Waals surface area contributed by atoms with Crippen molar-refractivity contribution in [2.45, 2.75) is 12.8 Å². The largest absolute Gasteiger partial charge is 0.508 e. The Bertz CT molecular complexity index is 1120.